The molecule has 1 aromatic heterocycles. The SMILES string of the molecule is Cc1cc2ccccc2n1CCCNC(=O)c1ccccc1[N+](=O)[O-]. The molecule has 0 bridgehead atoms. The highest BCUT2D eigenvalue weighted by molar-refractivity contribution is 5.98. The number of nitro groups is 1. The molecule has 3 aromatic rings. The molecule has 0 aliphatic heterocycles. The second kappa shape index (κ2) is 7.17. The number of hydrogen-bond acceptors (Lipinski definition) is 3. The van der Waals surface area contributed by atoms with E-state index in [9.17, 15) is 14.9 Å². The van der Waals surface area contributed by atoms with Crippen LogP contribution >= 0.6 is 0 Å². The minimum Gasteiger partial charge on any atom is -0.352 e. The van der Waals surface area contributed by atoms with E-state index in [-0.39, 0.29) is 11.3 Å². The third-order valence-corrected chi connectivity index (χ3v) is 4.21. The number of aryl methyl sites for hydroxylation is 2. The molecule has 0 radical (unpaired) electrons. The summed E-state index contributed by atoms with van der Waals surface area (Å²) in [6, 6.07) is 16.3. The highest BCUT2D eigenvalue weighted by Gasteiger charge is 2.18. The Bertz CT molecular complexity index is 931. The Morgan fingerprint density at radius 1 is 1.16 bits per heavy atom. The van der Waals surface area contributed by atoms with Gasteiger partial charge in [0.15, 0.2) is 0 Å². The van der Waals surface area contributed by atoms with Crippen molar-refractivity contribution in [1.82, 2.24) is 9.88 Å². The average molecular weight is 337 g/mol. The number of hydrogen-bond donors (Lipinski definition) is 1. The molecule has 0 atom stereocenters. The van der Waals surface area contributed by atoms with Crippen molar-refractivity contribution in [2.45, 2.75) is 19.9 Å². The molecule has 0 aliphatic rings. The Labute approximate surface area is 145 Å². The van der Waals surface area contributed by atoms with Gasteiger partial charge >= 0.3 is 0 Å². The lowest BCUT2D eigenvalue weighted by molar-refractivity contribution is -0.385. The number of nitro benzene ring substituents is 1. The van der Waals surface area contributed by atoms with Crippen molar-refractivity contribution in [3.63, 3.8) is 0 Å². The molecule has 0 spiro atoms. The maximum Gasteiger partial charge on any atom is 0.282 e. The van der Waals surface area contributed by atoms with Gasteiger partial charge in [-0.3, -0.25) is 14.9 Å². The van der Waals surface area contributed by atoms with Gasteiger partial charge in [0.1, 0.15) is 5.56 Å². The largest absolute Gasteiger partial charge is 0.352 e. The van der Waals surface area contributed by atoms with Gasteiger partial charge in [-0.25, -0.2) is 0 Å². The molecule has 25 heavy (non-hydrogen) atoms. The smallest absolute Gasteiger partial charge is 0.282 e. The lowest BCUT2D eigenvalue weighted by Crippen LogP contribution is -2.26. The molecule has 0 saturated carbocycles. The first kappa shape index (κ1) is 16.7. The van der Waals surface area contributed by atoms with Crippen molar-refractivity contribution in [2.75, 3.05) is 6.54 Å². The molecular formula is C19H19N3O3. The van der Waals surface area contributed by atoms with E-state index < -0.39 is 10.8 Å². The van der Waals surface area contributed by atoms with Gasteiger partial charge in [0.2, 0.25) is 0 Å². The molecule has 1 heterocycles. The fourth-order valence-electron chi connectivity index (χ4n) is 3.00. The molecule has 0 fully saturated rings. The number of fused-ring (bicyclic) bond motifs is 1. The van der Waals surface area contributed by atoms with Crippen LogP contribution in [0.2, 0.25) is 0 Å². The van der Waals surface area contributed by atoms with Crippen LogP contribution in [0.5, 0.6) is 0 Å². The summed E-state index contributed by atoms with van der Waals surface area (Å²) in [7, 11) is 0. The van der Waals surface area contributed by atoms with Gasteiger partial charge in [0, 0.05) is 30.4 Å². The Balaban J connectivity index is 1.61. The maximum atomic E-state index is 12.2. The molecule has 0 unspecified atom stereocenters. The number of rotatable bonds is 6. The van der Waals surface area contributed by atoms with Gasteiger partial charge in [-0.1, -0.05) is 30.3 Å². The minimum atomic E-state index is -0.537. The van der Waals surface area contributed by atoms with Crippen LogP contribution in [0, 0.1) is 17.0 Å². The monoisotopic (exact) mass is 337 g/mol. The molecule has 3 rings (SSSR count). The zero-order valence-corrected chi connectivity index (χ0v) is 13.9. The molecule has 6 heteroatoms. The van der Waals surface area contributed by atoms with Gasteiger partial charge in [-0.15, -0.1) is 0 Å². The highest BCUT2D eigenvalue weighted by Crippen LogP contribution is 2.20. The summed E-state index contributed by atoms with van der Waals surface area (Å²) < 4.78 is 2.21. The molecule has 1 N–H and O–H groups in total. The first-order valence-corrected chi connectivity index (χ1v) is 8.14. The second-order valence-electron chi connectivity index (χ2n) is 5.88. The summed E-state index contributed by atoms with van der Waals surface area (Å²) >= 11 is 0. The van der Waals surface area contributed by atoms with Crippen LogP contribution < -0.4 is 5.32 Å². The van der Waals surface area contributed by atoms with Crippen molar-refractivity contribution < 1.29 is 9.72 Å². The predicted octanol–water partition coefficient (Wildman–Crippen LogP) is 3.68. The van der Waals surface area contributed by atoms with Crippen LogP contribution in [0.3, 0.4) is 0 Å². The van der Waals surface area contributed by atoms with E-state index in [0.29, 0.717) is 6.54 Å². The fourth-order valence-corrected chi connectivity index (χ4v) is 3.00. The molecule has 0 saturated heterocycles. The number of nitrogens with one attached hydrogen (secondary N) is 1. The number of carbonyl (C=O) groups is 1. The van der Waals surface area contributed by atoms with Crippen molar-refractivity contribution in [3.8, 4) is 0 Å². The Hall–Kier alpha value is -3.15. The Morgan fingerprint density at radius 3 is 2.68 bits per heavy atom. The zero-order chi connectivity index (χ0) is 17.8. The third kappa shape index (κ3) is 3.52. The van der Waals surface area contributed by atoms with Crippen molar-refractivity contribution in [1.29, 1.82) is 0 Å². The predicted molar refractivity (Wildman–Crippen MR) is 96.7 cm³/mol. The first-order chi connectivity index (χ1) is 12.1. The molecule has 2 aromatic carbocycles. The van der Waals surface area contributed by atoms with Crippen LogP contribution in [-0.4, -0.2) is 21.9 Å². The van der Waals surface area contributed by atoms with E-state index in [4.69, 9.17) is 0 Å². The summed E-state index contributed by atoms with van der Waals surface area (Å²) in [5.74, 6) is -0.415. The van der Waals surface area contributed by atoms with Crippen molar-refractivity contribution in [2.24, 2.45) is 0 Å². The minimum absolute atomic E-state index is 0.0927. The molecule has 128 valence electrons. The van der Waals surface area contributed by atoms with Gasteiger partial charge in [0.25, 0.3) is 11.6 Å². The summed E-state index contributed by atoms with van der Waals surface area (Å²) in [6.07, 6.45) is 0.742. The van der Waals surface area contributed by atoms with Crippen LogP contribution in [0.4, 0.5) is 5.69 Å². The quantitative estimate of drug-likeness (QED) is 0.423. The van der Waals surface area contributed by atoms with Crippen LogP contribution in [0.15, 0.2) is 54.6 Å². The molecule has 1 amide bonds. The molecule has 6 nitrogen and oxygen atoms in total. The Kier molecular flexibility index (Phi) is 4.79. The number of nitrogens with zero attached hydrogens (tertiary/aromatic N) is 2. The Morgan fingerprint density at radius 2 is 1.88 bits per heavy atom. The normalized spacial score (nSPS) is 10.8. The standard InChI is InChI=1S/C19H19N3O3/c1-14-13-15-7-2-4-9-17(15)21(14)12-6-11-20-19(23)16-8-3-5-10-18(16)22(24)25/h2-5,7-10,13H,6,11-12H2,1H3,(H,20,23). The van der Waals surface area contributed by atoms with Crippen LogP contribution in [0.1, 0.15) is 22.5 Å². The first-order valence-electron chi connectivity index (χ1n) is 8.14. The van der Waals surface area contributed by atoms with Crippen molar-refractivity contribution in [3.05, 3.63) is 76.0 Å². The van der Waals surface area contributed by atoms with Gasteiger partial charge in [-0.05, 0) is 36.9 Å². The van der Waals surface area contributed by atoms with Crippen molar-refractivity contribution >= 4 is 22.5 Å². The lowest BCUT2D eigenvalue weighted by atomic mass is 10.1. The number of carbonyl (C=O) groups excluding carboxylic acids is 1. The van der Waals surface area contributed by atoms with Gasteiger partial charge in [-0.2, -0.15) is 0 Å². The lowest BCUT2D eigenvalue weighted by Gasteiger charge is -2.09. The van der Waals surface area contributed by atoms with E-state index in [1.807, 2.05) is 12.1 Å². The number of amides is 1. The maximum absolute atomic E-state index is 12.2. The zero-order valence-electron chi connectivity index (χ0n) is 13.9. The fraction of sp³-hybridized carbons (Fsp3) is 0.211. The van der Waals surface area contributed by atoms with Crippen LogP contribution in [0.25, 0.3) is 10.9 Å². The van der Waals surface area contributed by atoms with E-state index in [0.717, 1.165) is 13.0 Å². The van der Waals surface area contributed by atoms with E-state index >= 15 is 0 Å². The summed E-state index contributed by atoms with van der Waals surface area (Å²) in [6.45, 7) is 3.29. The second-order valence-corrected chi connectivity index (χ2v) is 5.88. The highest BCUT2D eigenvalue weighted by atomic mass is 16.6. The van der Waals surface area contributed by atoms with E-state index in [2.05, 4.69) is 35.0 Å². The van der Waals surface area contributed by atoms with E-state index in [1.54, 1.807) is 12.1 Å². The summed E-state index contributed by atoms with van der Waals surface area (Å²) in [5.41, 5.74) is 2.26. The van der Waals surface area contributed by atoms with Gasteiger partial charge < -0.3 is 9.88 Å². The molecule has 0 aliphatic carbocycles. The summed E-state index contributed by atoms with van der Waals surface area (Å²) in [5, 5.41) is 15.0. The van der Waals surface area contributed by atoms with Gasteiger partial charge in [0.05, 0.1) is 4.92 Å². The topological polar surface area (TPSA) is 77.2 Å². The number of aromatic nitrogens is 1. The third-order valence-electron chi connectivity index (χ3n) is 4.21. The van der Waals surface area contributed by atoms with Crippen LogP contribution in [-0.2, 0) is 6.54 Å². The van der Waals surface area contributed by atoms with E-state index in [1.165, 1.54) is 28.7 Å². The molecular weight excluding hydrogens is 318 g/mol. The summed E-state index contributed by atoms with van der Waals surface area (Å²) in [4.78, 5) is 22.6. The average Bonchev–Trinajstić information content (AvgIpc) is 2.93. The number of para-hydroxylation sites is 2. The number of benzene rings is 2.